The van der Waals surface area contributed by atoms with Crippen molar-refractivity contribution in [3.05, 3.63) is 28.3 Å². The van der Waals surface area contributed by atoms with Gasteiger partial charge in [0, 0.05) is 13.1 Å². The van der Waals surface area contributed by atoms with E-state index in [2.05, 4.69) is 5.32 Å². The third-order valence-corrected chi connectivity index (χ3v) is 1.62. The van der Waals surface area contributed by atoms with E-state index in [1.807, 2.05) is 13.9 Å². The van der Waals surface area contributed by atoms with Crippen LogP contribution >= 0.6 is 0 Å². The first-order valence-corrected chi connectivity index (χ1v) is 3.58. The number of nitrogens with one attached hydrogen (secondary N) is 1. The second-order valence-corrected chi connectivity index (χ2v) is 2.53. The van der Waals surface area contributed by atoms with E-state index in [0.29, 0.717) is 5.69 Å². The van der Waals surface area contributed by atoms with E-state index in [1.165, 1.54) is 0 Å². The van der Waals surface area contributed by atoms with Gasteiger partial charge >= 0.3 is 0 Å². The molecule has 0 unspecified atom stereocenters. The van der Waals surface area contributed by atoms with Gasteiger partial charge in [-0.3, -0.25) is 10.1 Å². The molecule has 0 saturated heterocycles. The Kier molecular flexibility index (Phi) is 2.33. The van der Waals surface area contributed by atoms with E-state index in [9.17, 15) is 10.1 Å². The summed E-state index contributed by atoms with van der Waals surface area (Å²) >= 11 is 0. The molecule has 0 spiro atoms. The van der Waals surface area contributed by atoms with E-state index in [-0.39, 0.29) is 5.69 Å². The van der Waals surface area contributed by atoms with Gasteiger partial charge in [-0.25, -0.2) is 0 Å². The molecule has 0 bridgehead atoms. The van der Waals surface area contributed by atoms with Gasteiger partial charge in [0.05, 0.1) is 4.92 Å². The minimum atomic E-state index is -0.390. The molecule has 12 heavy (non-hydrogen) atoms. The maximum Gasteiger partial charge on any atom is 0.291 e. The lowest BCUT2D eigenvalue weighted by Gasteiger charge is -2.01. The molecule has 0 saturated carbocycles. The number of nitrogens with zero attached hydrogens (tertiary/aromatic N) is 1. The van der Waals surface area contributed by atoms with Crippen LogP contribution in [-0.4, -0.2) is 19.8 Å². The lowest BCUT2D eigenvalue weighted by atomic mass is 9.95. The van der Waals surface area contributed by atoms with Gasteiger partial charge in [0.2, 0.25) is 0 Å². The molecule has 1 rings (SSSR count). The van der Waals surface area contributed by atoms with Crippen LogP contribution in [0.2, 0.25) is 0 Å². The Morgan fingerprint density at radius 2 is 2.25 bits per heavy atom. The van der Waals surface area contributed by atoms with Crippen molar-refractivity contribution in [3.8, 4) is 0 Å². The Hall–Kier alpha value is -1.52. The molecule has 0 atom stereocenters. The highest BCUT2D eigenvalue weighted by molar-refractivity contribution is 6.32. The molecule has 0 aliphatic rings. The minimum absolute atomic E-state index is 0.123. The fraction of sp³-hybridized carbons (Fsp3) is 0.143. The van der Waals surface area contributed by atoms with E-state index in [4.69, 9.17) is 0 Å². The Balaban J connectivity index is 3.21. The zero-order valence-electron chi connectivity index (χ0n) is 7.00. The van der Waals surface area contributed by atoms with Gasteiger partial charge in [0.25, 0.3) is 5.69 Å². The Labute approximate surface area is 71.2 Å². The standard InChI is InChI=1S/C7H9BN2O2/c1-9-6-3-2-5(8)4-7(6)10(11)12/h2-4,9H,8H2,1H3. The number of anilines is 1. The SMILES string of the molecule is Bc1ccc(NC)c([N+](=O)[O-])c1. The molecular formula is C7H9BN2O2. The van der Waals surface area contributed by atoms with E-state index in [1.54, 1.807) is 19.2 Å². The second-order valence-electron chi connectivity index (χ2n) is 2.53. The van der Waals surface area contributed by atoms with E-state index < -0.39 is 4.92 Å². The molecule has 0 heterocycles. The fourth-order valence-corrected chi connectivity index (χ4v) is 1.00. The Bertz CT molecular complexity index is 314. The lowest BCUT2D eigenvalue weighted by molar-refractivity contribution is -0.383. The molecule has 4 nitrogen and oxygen atoms in total. The van der Waals surface area contributed by atoms with E-state index in [0.717, 1.165) is 5.46 Å². The van der Waals surface area contributed by atoms with Crippen molar-refractivity contribution in [1.29, 1.82) is 0 Å². The summed E-state index contributed by atoms with van der Waals surface area (Å²) in [6, 6.07) is 5.08. The first-order chi connectivity index (χ1) is 5.65. The highest BCUT2D eigenvalue weighted by atomic mass is 16.6. The number of rotatable bonds is 2. The minimum Gasteiger partial charge on any atom is -0.383 e. The summed E-state index contributed by atoms with van der Waals surface area (Å²) in [7, 11) is 3.49. The lowest BCUT2D eigenvalue weighted by Crippen LogP contribution is -2.05. The third-order valence-electron chi connectivity index (χ3n) is 1.62. The van der Waals surface area contributed by atoms with Crippen LogP contribution in [0.4, 0.5) is 11.4 Å². The number of hydrogen-bond donors (Lipinski definition) is 1. The zero-order chi connectivity index (χ0) is 9.14. The van der Waals surface area contributed by atoms with Gasteiger partial charge in [-0.15, -0.1) is 0 Å². The highest BCUT2D eigenvalue weighted by Gasteiger charge is 2.11. The molecule has 1 N–H and O–H groups in total. The van der Waals surface area contributed by atoms with Gasteiger partial charge in [-0.05, 0) is 6.07 Å². The predicted molar refractivity (Wildman–Crippen MR) is 50.8 cm³/mol. The molecule has 0 radical (unpaired) electrons. The van der Waals surface area contributed by atoms with Crippen LogP contribution in [0.25, 0.3) is 0 Å². The number of nitro benzene ring substituents is 1. The first kappa shape index (κ1) is 8.58. The van der Waals surface area contributed by atoms with Crippen LogP contribution in [0, 0.1) is 10.1 Å². The molecule has 0 aromatic heterocycles. The van der Waals surface area contributed by atoms with E-state index >= 15 is 0 Å². The molecule has 0 fully saturated rings. The largest absolute Gasteiger partial charge is 0.383 e. The summed E-state index contributed by atoms with van der Waals surface area (Å²) in [6.45, 7) is 0. The van der Waals surface area contributed by atoms with Crippen LogP contribution < -0.4 is 10.8 Å². The van der Waals surface area contributed by atoms with Gasteiger partial charge < -0.3 is 5.32 Å². The Morgan fingerprint density at radius 3 is 2.75 bits per heavy atom. The fourth-order valence-electron chi connectivity index (χ4n) is 1.00. The maximum absolute atomic E-state index is 10.5. The summed E-state index contributed by atoms with van der Waals surface area (Å²) < 4.78 is 0. The molecule has 62 valence electrons. The second kappa shape index (κ2) is 3.25. The van der Waals surface area contributed by atoms with Gasteiger partial charge in [-0.1, -0.05) is 11.5 Å². The van der Waals surface area contributed by atoms with Crippen molar-refractivity contribution >= 4 is 24.7 Å². The van der Waals surface area contributed by atoms with Crippen molar-refractivity contribution < 1.29 is 4.92 Å². The first-order valence-electron chi connectivity index (χ1n) is 3.58. The third kappa shape index (κ3) is 1.55. The monoisotopic (exact) mass is 164 g/mol. The molecule has 0 aliphatic carbocycles. The highest BCUT2D eigenvalue weighted by Crippen LogP contribution is 2.20. The number of benzene rings is 1. The summed E-state index contributed by atoms with van der Waals surface area (Å²) in [5.41, 5.74) is 1.56. The summed E-state index contributed by atoms with van der Waals surface area (Å²) in [6.07, 6.45) is 0. The summed E-state index contributed by atoms with van der Waals surface area (Å²) in [5.74, 6) is 0. The maximum atomic E-state index is 10.5. The zero-order valence-corrected chi connectivity index (χ0v) is 7.00. The predicted octanol–water partition coefficient (Wildman–Crippen LogP) is -0.105. The quantitative estimate of drug-likeness (QED) is 0.377. The average Bonchev–Trinajstić information content (AvgIpc) is 2.04. The van der Waals surface area contributed by atoms with Gasteiger partial charge in [0.1, 0.15) is 13.5 Å². The molecular weight excluding hydrogens is 155 g/mol. The summed E-state index contributed by atoms with van der Waals surface area (Å²) in [4.78, 5) is 10.1. The molecule has 0 aliphatic heterocycles. The topological polar surface area (TPSA) is 55.2 Å². The van der Waals surface area contributed by atoms with Gasteiger partial charge in [0.15, 0.2) is 0 Å². The van der Waals surface area contributed by atoms with Crippen LogP contribution in [0.5, 0.6) is 0 Å². The van der Waals surface area contributed by atoms with Gasteiger partial charge in [-0.2, -0.15) is 0 Å². The smallest absolute Gasteiger partial charge is 0.291 e. The summed E-state index contributed by atoms with van der Waals surface area (Å²) in [5, 5.41) is 13.3. The number of nitro groups is 1. The number of hydrogen-bond acceptors (Lipinski definition) is 3. The van der Waals surface area contributed by atoms with Crippen LogP contribution in [0.1, 0.15) is 0 Å². The van der Waals surface area contributed by atoms with Crippen LogP contribution in [0.3, 0.4) is 0 Å². The Morgan fingerprint density at radius 1 is 1.58 bits per heavy atom. The molecule has 0 amide bonds. The average molecular weight is 164 g/mol. The van der Waals surface area contributed by atoms with Crippen molar-refractivity contribution in [1.82, 2.24) is 0 Å². The molecule has 1 aromatic carbocycles. The van der Waals surface area contributed by atoms with Crippen molar-refractivity contribution in [2.24, 2.45) is 0 Å². The van der Waals surface area contributed by atoms with Crippen molar-refractivity contribution in [3.63, 3.8) is 0 Å². The van der Waals surface area contributed by atoms with Crippen molar-refractivity contribution in [2.75, 3.05) is 12.4 Å². The normalized spacial score (nSPS) is 9.42. The van der Waals surface area contributed by atoms with Crippen LogP contribution in [0.15, 0.2) is 18.2 Å². The molecule has 1 aromatic rings. The van der Waals surface area contributed by atoms with Crippen LogP contribution in [-0.2, 0) is 0 Å². The molecule has 5 heteroatoms. The van der Waals surface area contributed by atoms with Crippen molar-refractivity contribution in [2.45, 2.75) is 0 Å².